The summed E-state index contributed by atoms with van der Waals surface area (Å²) < 4.78 is 118. The van der Waals surface area contributed by atoms with Gasteiger partial charge in [0.05, 0.1) is 21.7 Å². The van der Waals surface area contributed by atoms with Gasteiger partial charge in [-0.2, -0.15) is 31.6 Å². The van der Waals surface area contributed by atoms with Crippen LogP contribution < -0.4 is 4.72 Å². The average molecular weight is 494 g/mol. The summed E-state index contributed by atoms with van der Waals surface area (Å²) in [7, 11) is -4.94. The van der Waals surface area contributed by atoms with E-state index in [0.717, 1.165) is 23.5 Å². The highest BCUT2D eigenvalue weighted by Crippen LogP contribution is 2.39. The zero-order valence-corrected chi connectivity index (χ0v) is 17.0. The quantitative estimate of drug-likeness (QED) is 0.435. The Hall–Kier alpha value is -3.11. The molecule has 2 aromatic carbocycles. The lowest BCUT2D eigenvalue weighted by molar-refractivity contribution is -0.143. The lowest BCUT2D eigenvalue weighted by Crippen LogP contribution is -2.17. The first-order valence-corrected chi connectivity index (χ1v) is 10.6. The van der Waals surface area contributed by atoms with Gasteiger partial charge >= 0.3 is 12.4 Å². The van der Waals surface area contributed by atoms with Gasteiger partial charge in [-0.1, -0.05) is 12.1 Å². The van der Waals surface area contributed by atoms with Gasteiger partial charge in [-0.3, -0.25) is 4.72 Å². The fourth-order valence-electron chi connectivity index (χ4n) is 2.59. The standard InChI is InChI=1S/C19H9F7N2O2S2/c20-13-3-1-10(2-4-13)16-8-15(17(9-27)31-16)28-32(29,30)14-6-11(18(21,22)23)5-12(7-14)19(24,25)26/h1-8,28H. The van der Waals surface area contributed by atoms with E-state index in [1.54, 1.807) is 6.07 Å². The molecule has 1 N–H and O–H groups in total. The van der Waals surface area contributed by atoms with E-state index in [9.17, 15) is 44.4 Å². The third kappa shape index (κ3) is 5.03. The van der Waals surface area contributed by atoms with Crippen molar-refractivity contribution in [2.24, 2.45) is 0 Å². The van der Waals surface area contributed by atoms with Crippen LogP contribution in [0, 0.1) is 17.1 Å². The molecule has 3 rings (SSSR count). The second-order valence-electron chi connectivity index (χ2n) is 6.32. The fourth-order valence-corrected chi connectivity index (χ4v) is 4.70. The molecule has 13 heteroatoms. The van der Waals surface area contributed by atoms with E-state index < -0.39 is 44.2 Å². The predicted molar refractivity (Wildman–Crippen MR) is 102 cm³/mol. The molecule has 0 amide bonds. The van der Waals surface area contributed by atoms with Gasteiger partial charge in [-0.25, -0.2) is 12.8 Å². The zero-order chi connectivity index (χ0) is 23.9. The third-order valence-corrected chi connectivity index (χ3v) is 6.51. The highest BCUT2D eigenvalue weighted by atomic mass is 32.2. The van der Waals surface area contributed by atoms with Crippen molar-refractivity contribution in [3.05, 3.63) is 70.4 Å². The van der Waals surface area contributed by atoms with Crippen LogP contribution >= 0.6 is 11.3 Å². The number of nitriles is 1. The summed E-state index contributed by atoms with van der Waals surface area (Å²) >= 11 is 0.799. The SMILES string of the molecule is N#Cc1sc(-c2ccc(F)cc2)cc1NS(=O)(=O)c1cc(C(F)(F)F)cc(C(F)(F)F)c1. The van der Waals surface area contributed by atoms with Gasteiger partial charge in [0, 0.05) is 4.88 Å². The van der Waals surface area contributed by atoms with Crippen LogP contribution in [0.5, 0.6) is 0 Å². The molecule has 32 heavy (non-hydrogen) atoms. The molecule has 0 saturated heterocycles. The molecule has 0 aliphatic rings. The van der Waals surface area contributed by atoms with Gasteiger partial charge in [0.25, 0.3) is 10.0 Å². The fraction of sp³-hybridized carbons (Fsp3) is 0.105. The third-order valence-electron chi connectivity index (χ3n) is 4.08. The Bertz CT molecular complexity index is 1270. The van der Waals surface area contributed by atoms with E-state index >= 15 is 0 Å². The summed E-state index contributed by atoms with van der Waals surface area (Å²) in [6.07, 6.45) is -10.5. The molecular weight excluding hydrogens is 485 g/mol. The normalized spacial score (nSPS) is 12.4. The second-order valence-corrected chi connectivity index (χ2v) is 9.05. The van der Waals surface area contributed by atoms with Crippen molar-refractivity contribution < 1.29 is 39.2 Å². The molecule has 0 spiro atoms. The van der Waals surface area contributed by atoms with Crippen LogP contribution in [0.15, 0.2) is 53.4 Å². The van der Waals surface area contributed by atoms with Gasteiger partial charge in [0.15, 0.2) is 0 Å². The highest BCUT2D eigenvalue weighted by Gasteiger charge is 2.38. The average Bonchev–Trinajstić information content (AvgIpc) is 3.09. The number of thiophene rings is 1. The zero-order valence-electron chi connectivity index (χ0n) is 15.3. The Balaban J connectivity index is 2.06. The summed E-state index contributed by atoms with van der Waals surface area (Å²) in [4.78, 5) is -1.16. The van der Waals surface area contributed by atoms with Crippen molar-refractivity contribution in [2.45, 2.75) is 17.2 Å². The van der Waals surface area contributed by atoms with E-state index in [4.69, 9.17) is 0 Å². The minimum Gasteiger partial charge on any atom is -0.277 e. The monoisotopic (exact) mass is 494 g/mol. The van der Waals surface area contributed by atoms with Crippen molar-refractivity contribution in [3.8, 4) is 16.5 Å². The van der Waals surface area contributed by atoms with E-state index in [1.807, 2.05) is 4.72 Å². The number of nitrogens with zero attached hydrogens (tertiary/aromatic N) is 1. The molecule has 1 heterocycles. The number of hydrogen-bond acceptors (Lipinski definition) is 4. The second kappa shape index (κ2) is 8.10. The van der Waals surface area contributed by atoms with Crippen LogP contribution in [-0.4, -0.2) is 8.42 Å². The summed E-state index contributed by atoms with van der Waals surface area (Å²) in [6.45, 7) is 0. The van der Waals surface area contributed by atoms with E-state index in [1.165, 1.54) is 18.2 Å². The van der Waals surface area contributed by atoms with Crippen LogP contribution in [-0.2, 0) is 22.4 Å². The van der Waals surface area contributed by atoms with Gasteiger partial charge in [0.2, 0.25) is 0 Å². The van der Waals surface area contributed by atoms with Crippen LogP contribution in [0.25, 0.3) is 10.4 Å². The number of hydrogen-bond donors (Lipinski definition) is 1. The molecule has 0 unspecified atom stereocenters. The largest absolute Gasteiger partial charge is 0.416 e. The first kappa shape index (κ1) is 23.6. The van der Waals surface area contributed by atoms with Crippen molar-refractivity contribution >= 4 is 27.0 Å². The maximum atomic E-state index is 13.1. The molecule has 0 radical (unpaired) electrons. The molecule has 3 aromatic rings. The Kier molecular flexibility index (Phi) is 5.96. The summed E-state index contributed by atoms with van der Waals surface area (Å²) in [5.41, 5.74) is -3.53. The lowest BCUT2D eigenvalue weighted by Gasteiger charge is -2.15. The summed E-state index contributed by atoms with van der Waals surface area (Å²) in [6, 6.07) is 7.74. The van der Waals surface area contributed by atoms with E-state index in [-0.39, 0.29) is 28.8 Å². The molecule has 168 valence electrons. The first-order chi connectivity index (χ1) is 14.7. The predicted octanol–water partition coefficient (Wildman–Crippen LogP) is 6.26. The van der Waals surface area contributed by atoms with Gasteiger partial charge < -0.3 is 0 Å². The molecule has 0 aliphatic heterocycles. The maximum absolute atomic E-state index is 13.1. The Morgan fingerprint density at radius 1 is 0.875 bits per heavy atom. The van der Waals surface area contributed by atoms with Gasteiger partial charge in [0.1, 0.15) is 16.8 Å². The Morgan fingerprint density at radius 2 is 1.41 bits per heavy atom. The minimum absolute atomic E-state index is 0.0663. The summed E-state index contributed by atoms with van der Waals surface area (Å²) in [5.74, 6) is -0.545. The van der Waals surface area contributed by atoms with Crippen LogP contribution in [0.4, 0.5) is 36.4 Å². The molecule has 0 bridgehead atoms. The van der Waals surface area contributed by atoms with E-state index in [0.29, 0.717) is 10.4 Å². The molecule has 0 fully saturated rings. The smallest absolute Gasteiger partial charge is 0.277 e. The summed E-state index contributed by atoms with van der Waals surface area (Å²) in [5, 5.41) is 9.26. The van der Waals surface area contributed by atoms with E-state index in [2.05, 4.69) is 0 Å². The van der Waals surface area contributed by atoms with Crippen LogP contribution in [0.2, 0.25) is 0 Å². The number of halogens is 7. The molecular formula is C19H9F7N2O2S2. The van der Waals surface area contributed by atoms with Crippen molar-refractivity contribution in [3.63, 3.8) is 0 Å². The lowest BCUT2D eigenvalue weighted by atomic mass is 10.1. The molecule has 0 saturated carbocycles. The van der Waals surface area contributed by atoms with Gasteiger partial charge in [-0.05, 0) is 42.0 Å². The highest BCUT2D eigenvalue weighted by molar-refractivity contribution is 7.92. The first-order valence-electron chi connectivity index (χ1n) is 8.33. The number of nitrogens with one attached hydrogen (secondary N) is 1. The number of sulfonamides is 1. The number of anilines is 1. The van der Waals surface area contributed by atoms with Crippen LogP contribution in [0.1, 0.15) is 16.0 Å². The molecule has 4 nitrogen and oxygen atoms in total. The minimum atomic E-state index is -5.23. The number of alkyl halides is 6. The maximum Gasteiger partial charge on any atom is 0.416 e. The number of benzene rings is 2. The van der Waals surface area contributed by atoms with Crippen molar-refractivity contribution in [2.75, 3.05) is 4.72 Å². The topological polar surface area (TPSA) is 70.0 Å². The van der Waals surface area contributed by atoms with Crippen molar-refractivity contribution in [1.82, 2.24) is 0 Å². The molecule has 0 atom stereocenters. The van der Waals surface area contributed by atoms with Gasteiger partial charge in [-0.15, -0.1) is 11.3 Å². The Labute approximate surface area is 180 Å². The molecule has 0 aliphatic carbocycles. The van der Waals surface area contributed by atoms with Crippen molar-refractivity contribution in [1.29, 1.82) is 5.26 Å². The number of rotatable bonds is 4. The Morgan fingerprint density at radius 3 is 1.88 bits per heavy atom. The molecule has 1 aromatic heterocycles. The van der Waals surface area contributed by atoms with Crippen LogP contribution in [0.3, 0.4) is 0 Å².